The molecule has 4 heteroatoms. The van der Waals surface area contributed by atoms with Crippen molar-refractivity contribution in [3.63, 3.8) is 0 Å². The summed E-state index contributed by atoms with van der Waals surface area (Å²) in [4.78, 5) is 10.5. The van der Waals surface area contributed by atoms with E-state index in [2.05, 4.69) is 181 Å². The molecule has 0 saturated carbocycles. The second-order valence-electron chi connectivity index (χ2n) is 13.8. The van der Waals surface area contributed by atoms with Crippen LogP contribution in [0, 0.1) is 0 Å². The van der Waals surface area contributed by atoms with E-state index in [-0.39, 0.29) is 0 Å². The SMILES string of the molecule is c1ccc2cc(C3=NC(c4ccc5c(ccc6ccccc65)c4)=NC(c4cccc5oc6cc(-c7cccc8ccccc78)ccc6c45)N3)ccc2c1. The summed E-state index contributed by atoms with van der Waals surface area (Å²) in [6, 6.07) is 62.3. The molecule has 1 unspecified atom stereocenters. The number of nitrogens with zero attached hydrogens (tertiary/aromatic N) is 2. The molecule has 1 N–H and O–H groups in total. The standard InChI is InChI=1S/C49H31N3O/c1-2-12-33-27-36(22-19-30(33)9-1)47-50-48(37-24-25-41-34(28-37)21-20-32-11-4-6-15-39(32)41)52-49(51-47)43-17-8-18-44-46(43)42-26-23-35(29-45(42)53-44)40-16-7-13-31-10-3-5-14-38(31)40/h1-29,49H,(H,50,51,52). The summed E-state index contributed by atoms with van der Waals surface area (Å²) >= 11 is 0. The Morgan fingerprint density at radius 1 is 0.434 bits per heavy atom. The summed E-state index contributed by atoms with van der Waals surface area (Å²) in [6.07, 6.45) is -0.404. The van der Waals surface area contributed by atoms with E-state index in [1.54, 1.807) is 0 Å². The molecule has 1 aliphatic heterocycles. The number of rotatable bonds is 4. The Hall–Kier alpha value is -7.04. The average molecular weight is 678 g/mol. The van der Waals surface area contributed by atoms with Crippen molar-refractivity contribution < 1.29 is 4.42 Å². The third kappa shape index (κ3) is 4.91. The van der Waals surface area contributed by atoms with E-state index in [1.807, 2.05) is 0 Å². The molecular weight excluding hydrogens is 647 g/mol. The van der Waals surface area contributed by atoms with Crippen molar-refractivity contribution in [2.75, 3.05) is 0 Å². The van der Waals surface area contributed by atoms with Crippen LogP contribution >= 0.6 is 0 Å². The van der Waals surface area contributed by atoms with Gasteiger partial charge < -0.3 is 9.73 Å². The number of nitrogens with one attached hydrogen (secondary N) is 1. The van der Waals surface area contributed by atoms with E-state index < -0.39 is 6.17 Å². The van der Waals surface area contributed by atoms with Crippen LogP contribution < -0.4 is 5.32 Å². The monoisotopic (exact) mass is 677 g/mol. The van der Waals surface area contributed by atoms with Crippen LogP contribution in [0.1, 0.15) is 22.9 Å². The highest BCUT2D eigenvalue weighted by Gasteiger charge is 2.25. The fourth-order valence-electron chi connectivity index (χ4n) is 8.10. The molecule has 4 nitrogen and oxygen atoms in total. The first-order valence-electron chi connectivity index (χ1n) is 18.0. The lowest BCUT2D eigenvalue weighted by molar-refractivity contribution is 0.662. The summed E-state index contributed by atoms with van der Waals surface area (Å²) < 4.78 is 6.61. The Labute approximate surface area is 305 Å². The average Bonchev–Trinajstić information content (AvgIpc) is 3.61. The normalized spacial score (nSPS) is 14.6. The maximum absolute atomic E-state index is 6.61. The molecule has 0 amide bonds. The summed E-state index contributed by atoms with van der Waals surface area (Å²) in [7, 11) is 0. The Balaban J connectivity index is 1.07. The van der Waals surface area contributed by atoms with Gasteiger partial charge >= 0.3 is 0 Å². The maximum Gasteiger partial charge on any atom is 0.159 e. The molecule has 2 heterocycles. The number of furan rings is 1. The van der Waals surface area contributed by atoms with Gasteiger partial charge in [0.1, 0.15) is 23.2 Å². The lowest BCUT2D eigenvalue weighted by Crippen LogP contribution is -2.33. The van der Waals surface area contributed by atoms with Gasteiger partial charge in [-0.25, -0.2) is 9.98 Å². The molecule has 53 heavy (non-hydrogen) atoms. The smallest absolute Gasteiger partial charge is 0.159 e. The third-order valence-electron chi connectivity index (χ3n) is 10.7. The van der Waals surface area contributed by atoms with Crippen molar-refractivity contribution in [1.82, 2.24) is 5.32 Å². The van der Waals surface area contributed by atoms with Gasteiger partial charge in [0.15, 0.2) is 5.84 Å². The van der Waals surface area contributed by atoms with Crippen LogP contribution in [-0.2, 0) is 0 Å². The van der Waals surface area contributed by atoms with Crippen LogP contribution in [0.2, 0.25) is 0 Å². The zero-order valence-electron chi connectivity index (χ0n) is 28.6. The molecule has 0 spiro atoms. The molecule has 1 atom stereocenters. The molecule has 1 aromatic heterocycles. The molecule has 1 aliphatic rings. The molecule has 0 aliphatic carbocycles. The topological polar surface area (TPSA) is 49.9 Å². The Morgan fingerprint density at radius 3 is 1.98 bits per heavy atom. The molecule has 9 aromatic carbocycles. The van der Waals surface area contributed by atoms with Crippen LogP contribution in [0.25, 0.3) is 76.2 Å². The highest BCUT2D eigenvalue weighted by molar-refractivity contribution is 6.17. The summed E-state index contributed by atoms with van der Waals surface area (Å²) in [5, 5.41) is 15.5. The van der Waals surface area contributed by atoms with Crippen molar-refractivity contribution in [3.8, 4) is 11.1 Å². The highest BCUT2D eigenvalue weighted by Crippen LogP contribution is 2.39. The number of amidine groups is 2. The van der Waals surface area contributed by atoms with Gasteiger partial charge in [0.25, 0.3) is 0 Å². The van der Waals surface area contributed by atoms with Gasteiger partial charge in [-0.1, -0.05) is 146 Å². The van der Waals surface area contributed by atoms with E-state index in [4.69, 9.17) is 14.4 Å². The molecule has 10 aromatic rings. The number of hydrogen-bond acceptors (Lipinski definition) is 4. The quantitative estimate of drug-likeness (QED) is 0.189. The maximum atomic E-state index is 6.61. The van der Waals surface area contributed by atoms with Gasteiger partial charge in [-0.3, -0.25) is 0 Å². The van der Waals surface area contributed by atoms with E-state index in [0.717, 1.165) is 60.8 Å². The largest absolute Gasteiger partial charge is 0.456 e. The predicted octanol–water partition coefficient (Wildman–Crippen LogP) is 12.4. The summed E-state index contributed by atoms with van der Waals surface area (Å²) in [6.45, 7) is 0. The lowest BCUT2D eigenvalue weighted by Gasteiger charge is -2.24. The van der Waals surface area contributed by atoms with E-state index in [1.165, 1.54) is 37.9 Å². The summed E-state index contributed by atoms with van der Waals surface area (Å²) in [5.41, 5.74) is 7.02. The number of aliphatic imine (C=N–C) groups is 2. The molecule has 0 radical (unpaired) electrons. The Morgan fingerprint density at radius 2 is 1.08 bits per heavy atom. The van der Waals surface area contributed by atoms with Crippen molar-refractivity contribution in [1.29, 1.82) is 0 Å². The molecule has 248 valence electrons. The molecule has 0 bridgehead atoms. The number of fused-ring (bicyclic) bond motifs is 8. The van der Waals surface area contributed by atoms with Gasteiger partial charge in [0.05, 0.1) is 0 Å². The van der Waals surface area contributed by atoms with Gasteiger partial charge in [-0.05, 0) is 84.5 Å². The van der Waals surface area contributed by atoms with Crippen LogP contribution in [0.5, 0.6) is 0 Å². The predicted molar refractivity (Wildman–Crippen MR) is 221 cm³/mol. The second-order valence-corrected chi connectivity index (χ2v) is 13.8. The highest BCUT2D eigenvalue weighted by atomic mass is 16.3. The van der Waals surface area contributed by atoms with E-state index >= 15 is 0 Å². The second kappa shape index (κ2) is 11.8. The van der Waals surface area contributed by atoms with Crippen molar-refractivity contribution in [2.24, 2.45) is 9.98 Å². The van der Waals surface area contributed by atoms with Gasteiger partial charge in [0, 0.05) is 27.5 Å². The minimum absolute atomic E-state index is 0.404. The number of hydrogen-bond donors (Lipinski definition) is 1. The minimum Gasteiger partial charge on any atom is -0.456 e. The first-order chi connectivity index (χ1) is 26.2. The lowest BCUT2D eigenvalue weighted by atomic mass is 9.96. The van der Waals surface area contributed by atoms with Crippen LogP contribution in [0.15, 0.2) is 190 Å². The van der Waals surface area contributed by atoms with E-state index in [0.29, 0.717) is 5.84 Å². The zero-order chi connectivity index (χ0) is 34.9. The molecule has 0 saturated heterocycles. The Bertz CT molecular complexity index is 3160. The first kappa shape index (κ1) is 29.7. The number of benzene rings is 9. The fourth-order valence-corrected chi connectivity index (χ4v) is 8.10. The van der Waals surface area contributed by atoms with Crippen molar-refractivity contribution in [3.05, 3.63) is 193 Å². The molecular formula is C49H31N3O. The molecule has 11 rings (SSSR count). The van der Waals surface area contributed by atoms with Crippen LogP contribution in [0.3, 0.4) is 0 Å². The van der Waals surface area contributed by atoms with Gasteiger partial charge in [-0.15, -0.1) is 0 Å². The zero-order valence-corrected chi connectivity index (χ0v) is 28.6. The fraction of sp³-hybridized carbons (Fsp3) is 0.0204. The van der Waals surface area contributed by atoms with Crippen LogP contribution in [0.4, 0.5) is 0 Å². The van der Waals surface area contributed by atoms with Crippen molar-refractivity contribution in [2.45, 2.75) is 6.17 Å². The third-order valence-corrected chi connectivity index (χ3v) is 10.7. The van der Waals surface area contributed by atoms with Crippen LogP contribution in [-0.4, -0.2) is 11.7 Å². The molecule has 0 fully saturated rings. The van der Waals surface area contributed by atoms with Gasteiger partial charge in [-0.2, -0.15) is 0 Å². The minimum atomic E-state index is -0.404. The van der Waals surface area contributed by atoms with Crippen molar-refractivity contribution >= 4 is 76.7 Å². The van der Waals surface area contributed by atoms with E-state index in [9.17, 15) is 0 Å². The summed E-state index contributed by atoms with van der Waals surface area (Å²) in [5.74, 6) is 1.47. The van der Waals surface area contributed by atoms with Gasteiger partial charge in [0.2, 0.25) is 0 Å². The Kier molecular flexibility index (Phi) is 6.58. The first-order valence-corrected chi connectivity index (χ1v) is 18.0.